The molecule has 0 aliphatic rings. The van der Waals surface area contributed by atoms with Crippen molar-refractivity contribution in [3.63, 3.8) is 0 Å². The molecule has 0 bridgehead atoms. The molecule has 0 aliphatic heterocycles. The highest BCUT2D eigenvalue weighted by atomic mass is 32.2. The summed E-state index contributed by atoms with van der Waals surface area (Å²) in [6, 6.07) is 12.5. The first-order valence-electron chi connectivity index (χ1n) is 6.88. The van der Waals surface area contributed by atoms with E-state index < -0.39 is 15.8 Å². The van der Waals surface area contributed by atoms with Crippen LogP contribution in [0, 0.1) is 5.82 Å². The molecule has 22 heavy (non-hydrogen) atoms. The Kier molecular flexibility index (Phi) is 5.15. The average molecular weight is 323 g/mol. The second-order valence-corrected chi connectivity index (χ2v) is 6.50. The van der Waals surface area contributed by atoms with Crippen LogP contribution in [0.2, 0.25) is 0 Å². The van der Waals surface area contributed by atoms with Gasteiger partial charge in [0.1, 0.15) is 0 Å². The topological polar surface area (TPSA) is 55.4 Å². The summed E-state index contributed by atoms with van der Waals surface area (Å²) in [6.07, 6.45) is 0.585. The van der Waals surface area contributed by atoms with Gasteiger partial charge in [-0.2, -0.15) is 0 Å². The maximum absolute atomic E-state index is 13.7. The molecular weight excluding hydrogens is 305 g/mol. The Morgan fingerprint density at radius 2 is 1.86 bits per heavy atom. The predicted octanol–water partition coefficient (Wildman–Crippen LogP) is 3.26. The summed E-state index contributed by atoms with van der Waals surface area (Å²) >= 11 is 0. The first-order chi connectivity index (χ1) is 10.5. The zero-order chi connectivity index (χ0) is 16.2. The minimum Gasteiger partial charge on any atom is -0.494 e. The van der Waals surface area contributed by atoms with Crippen LogP contribution in [0.4, 0.5) is 4.39 Å². The van der Waals surface area contributed by atoms with Crippen LogP contribution in [0.3, 0.4) is 0 Å². The predicted molar refractivity (Wildman–Crippen MR) is 82.7 cm³/mol. The van der Waals surface area contributed by atoms with Crippen LogP contribution in [0.1, 0.15) is 24.9 Å². The van der Waals surface area contributed by atoms with Gasteiger partial charge in [-0.1, -0.05) is 37.3 Å². The molecule has 6 heteroatoms. The molecule has 1 atom stereocenters. The number of nitrogens with one attached hydrogen (secondary N) is 1. The van der Waals surface area contributed by atoms with Gasteiger partial charge >= 0.3 is 0 Å². The van der Waals surface area contributed by atoms with Crippen molar-refractivity contribution in [3.8, 4) is 5.75 Å². The highest BCUT2D eigenvalue weighted by Gasteiger charge is 2.21. The maximum Gasteiger partial charge on any atom is 0.241 e. The second-order valence-electron chi connectivity index (χ2n) is 4.79. The maximum atomic E-state index is 13.7. The van der Waals surface area contributed by atoms with Crippen molar-refractivity contribution in [1.29, 1.82) is 0 Å². The highest BCUT2D eigenvalue weighted by Crippen LogP contribution is 2.23. The van der Waals surface area contributed by atoms with Gasteiger partial charge in [-0.3, -0.25) is 0 Å². The van der Waals surface area contributed by atoms with Gasteiger partial charge in [-0.05, 0) is 30.2 Å². The number of ether oxygens (including phenoxy) is 1. The Morgan fingerprint density at radius 1 is 1.18 bits per heavy atom. The number of hydrogen-bond acceptors (Lipinski definition) is 3. The summed E-state index contributed by atoms with van der Waals surface area (Å²) < 4.78 is 45.9. The van der Waals surface area contributed by atoms with Gasteiger partial charge in [0.2, 0.25) is 10.0 Å². The quantitative estimate of drug-likeness (QED) is 0.888. The number of rotatable bonds is 6. The molecule has 0 fully saturated rings. The highest BCUT2D eigenvalue weighted by molar-refractivity contribution is 7.89. The van der Waals surface area contributed by atoms with Crippen LogP contribution in [0.25, 0.3) is 0 Å². The van der Waals surface area contributed by atoms with Gasteiger partial charge in [0.15, 0.2) is 11.6 Å². The number of hydrogen-bond donors (Lipinski definition) is 1. The van der Waals surface area contributed by atoms with Gasteiger partial charge in [0.05, 0.1) is 12.0 Å². The number of halogens is 1. The Bertz CT molecular complexity index is 732. The summed E-state index contributed by atoms with van der Waals surface area (Å²) in [4.78, 5) is -0.125. The number of benzene rings is 2. The normalized spacial score (nSPS) is 12.9. The van der Waals surface area contributed by atoms with E-state index in [-0.39, 0.29) is 16.7 Å². The van der Waals surface area contributed by atoms with Gasteiger partial charge < -0.3 is 4.74 Å². The molecule has 0 saturated carbocycles. The lowest BCUT2D eigenvalue weighted by Gasteiger charge is -2.17. The Morgan fingerprint density at radius 3 is 2.41 bits per heavy atom. The Labute approximate surface area is 130 Å². The van der Waals surface area contributed by atoms with Gasteiger partial charge in [0.25, 0.3) is 0 Å². The third-order valence-electron chi connectivity index (χ3n) is 3.34. The van der Waals surface area contributed by atoms with E-state index in [0.29, 0.717) is 6.42 Å². The van der Waals surface area contributed by atoms with Crippen LogP contribution in [0.15, 0.2) is 53.4 Å². The molecule has 0 heterocycles. The third-order valence-corrected chi connectivity index (χ3v) is 4.81. The molecule has 2 aromatic carbocycles. The fourth-order valence-corrected chi connectivity index (χ4v) is 3.46. The standard InChI is InChI=1S/C16H18FNO3S/c1-3-15(12-7-5-4-6-8-12)18-22(19,20)13-9-10-16(21-2)14(17)11-13/h4-11,15,18H,3H2,1-2H3. The molecule has 0 saturated heterocycles. The van der Waals surface area contributed by atoms with E-state index in [9.17, 15) is 12.8 Å². The van der Waals surface area contributed by atoms with E-state index >= 15 is 0 Å². The van der Waals surface area contributed by atoms with E-state index in [0.717, 1.165) is 11.6 Å². The molecular formula is C16H18FNO3S. The number of methoxy groups -OCH3 is 1. The van der Waals surface area contributed by atoms with Crippen molar-refractivity contribution in [2.24, 2.45) is 0 Å². The summed E-state index contributed by atoms with van der Waals surface area (Å²) in [5, 5.41) is 0. The van der Waals surface area contributed by atoms with Crippen molar-refractivity contribution in [3.05, 3.63) is 59.9 Å². The Balaban J connectivity index is 2.28. The van der Waals surface area contributed by atoms with E-state index in [1.165, 1.54) is 19.2 Å². The van der Waals surface area contributed by atoms with Crippen LogP contribution < -0.4 is 9.46 Å². The lowest BCUT2D eigenvalue weighted by atomic mass is 10.1. The van der Waals surface area contributed by atoms with E-state index in [4.69, 9.17) is 4.74 Å². The minimum absolute atomic E-state index is 0.00838. The summed E-state index contributed by atoms with van der Waals surface area (Å²) in [5.41, 5.74) is 0.863. The van der Waals surface area contributed by atoms with E-state index in [2.05, 4.69) is 4.72 Å². The molecule has 0 amide bonds. The Hall–Kier alpha value is -1.92. The fourth-order valence-electron chi connectivity index (χ4n) is 2.14. The molecule has 118 valence electrons. The molecule has 4 nitrogen and oxygen atoms in total. The second kappa shape index (κ2) is 6.89. The fraction of sp³-hybridized carbons (Fsp3) is 0.250. The molecule has 0 aromatic heterocycles. The lowest BCUT2D eigenvalue weighted by Crippen LogP contribution is -2.28. The monoisotopic (exact) mass is 323 g/mol. The molecule has 2 rings (SSSR count). The van der Waals surface area contributed by atoms with Gasteiger partial charge in [-0.25, -0.2) is 17.5 Å². The van der Waals surface area contributed by atoms with E-state index in [1.807, 2.05) is 37.3 Å². The summed E-state index contributed by atoms with van der Waals surface area (Å²) in [7, 11) is -2.49. The summed E-state index contributed by atoms with van der Waals surface area (Å²) in [6.45, 7) is 1.88. The lowest BCUT2D eigenvalue weighted by molar-refractivity contribution is 0.385. The van der Waals surface area contributed by atoms with Crippen LogP contribution in [-0.2, 0) is 10.0 Å². The first-order valence-corrected chi connectivity index (χ1v) is 8.37. The number of sulfonamides is 1. The van der Waals surface area contributed by atoms with E-state index in [1.54, 1.807) is 0 Å². The van der Waals surface area contributed by atoms with Crippen LogP contribution in [0.5, 0.6) is 5.75 Å². The van der Waals surface area contributed by atoms with Crippen molar-refractivity contribution in [1.82, 2.24) is 4.72 Å². The molecule has 0 radical (unpaired) electrons. The minimum atomic E-state index is -3.81. The molecule has 0 aliphatic carbocycles. The average Bonchev–Trinajstić information content (AvgIpc) is 2.53. The summed E-state index contributed by atoms with van der Waals surface area (Å²) in [5.74, 6) is -0.702. The van der Waals surface area contributed by atoms with Crippen LogP contribution in [-0.4, -0.2) is 15.5 Å². The molecule has 1 unspecified atom stereocenters. The zero-order valence-electron chi connectivity index (χ0n) is 12.4. The molecule has 1 N–H and O–H groups in total. The van der Waals surface area contributed by atoms with Crippen molar-refractivity contribution in [2.45, 2.75) is 24.3 Å². The van der Waals surface area contributed by atoms with Crippen molar-refractivity contribution >= 4 is 10.0 Å². The third kappa shape index (κ3) is 3.64. The van der Waals surface area contributed by atoms with Crippen LogP contribution >= 0.6 is 0 Å². The van der Waals surface area contributed by atoms with Crippen molar-refractivity contribution < 1.29 is 17.5 Å². The molecule has 0 spiro atoms. The largest absolute Gasteiger partial charge is 0.494 e. The zero-order valence-corrected chi connectivity index (χ0v) is 13.2. The SMILES string of the molecule is CCC(NS(=O)(=O)c1ccc(OC)c(F)c1)c1ccccc1. The first kappa shape index (κ1) is 16.5. The van der Waals surface area contributed by atoms with Crippen molar-refractivity contribution in [2.75, 3.05) is 7.11 Å². The molecule has 2 aromatic rings. The van der Waals surface area contributed by atoms with Gasteiger partial charge in [0, 0.05) is 6.04 Å². The van der Waals surface area contributed by atoms with Gasteiger partial charge in [-0.15, -0.1) is 0 Å². The smallest absolute Gasteiger partial charge is 0.241 e.